The van der Waals surface area contributed by atoms with Crippen molar-refractivity contribution in [3.05, 3.63) is 35.7 Å². The number of nitrogens with two attached hydrogens (primary N) is 1. The SMILES string of the molecule is CCOC(=O)COc1ccc(C=Nn2cc(C)nc2N)cc1OCC. The van der Waals surface area contributed by atoms with Gasteiger partial charge in [0, 0.05) is 0 Å². The third-order valence-corrected chi connectivity index (χ3v) is 3.08. The van der Waals surface area contributed by atoms with Crippen LogP contribution in [0.4, 0.5) is 5.95 Å². The summed E-state index contributed by atoms with van der Waals surface area (Å²) >= 11 is 0. The normalized spacial score (nSPS) is 10.8. The molecule has 0 fully saturated rings. The van der Waals surface area contributed by atoms with Crippen molar-refractivity contribution >= 4 is 18.1 Å². The molecule has 0 aliphatic carbocycles. The number of anilines is 1. The van der Waals surface area contributed by atoms with Gasteiger partial charge in [-0.25, -0.2) is 14.5 Å². The molecule has 0 aliphatic heterocycles. The molecule has 0 unspecified atom stereocenters. The second kappa shape index (κ2) is 8.72. The first kappa shape index (κ1) is 18.3. The number of rotatable bonds is 8. The maximum Gasteiger partial charge on any atom is 0.344 e. The molecule has 0 bridgehead atoms. The predicted molar refractivity (Wildman–Crippen MR) is 94.1 cm³/mol. The lowest BCUT2D eigenvalue weighted by Gasteiger charge is -2.12. The van der Waals surface area contributed by atoms with Gasteiger partial charge in [-0.1, -0.05) is 0 Å². The van der Waals surface area contributed by atoms with Crippen LogP contribution >= 0.6 is 0 Å². The van der Waals surface area contributed by atoms with E-state index in [4.69, 9.17) is 19.9 Å². The molecule has 0 atom stereocenters. The largest absolute Gasteiger partial charge is 0.490 e. The summed E-state index contributed by atoms with van der Waals surface area (Å²) < 4.78 is 17.4. The highest BCUT2D eigenvalue weighted by Crippen LogP contribution is 2.28. The molecule has 2 rings (SSSR count). The molecule has 2 N–H and O–H groups in total. The summed E-state index contributed by atoms with van der Waals surface area (Å²) in [6.45, 7) is 6.05. The number of aromatic nitrogens is 2. The van der Waals surface area contributed by atoms with Crippen molar-refractivity contribution in [2.45, 2.75) is 20.8 Å². The van der Waals surface area contributed by atoms with Gasteiger partial charge in [-0.05, 0) is 44.5 Å². The van der Waals surface area contributed by atoms with Gasteiger partial charge in [-0.3, -0.25) is 0 Å². The zero-order valence-corrected chi connectivity index (χ0v) is 14.6. The number of ether oxygens (including phenoxy) is 3. The number of nitrogen functional groups attached to an aromatic ring is 1. The van der Waals surface area contributed by atoms with E-state index in [2.05, 4.69) is 10.1 Å². The van der Waals surface area contributed by atoms with Crippen LogP contribution < -0.4 is 15.2 Å². The van der Waals surface area contributed by atoms with Crippen molar-refractivity contribution in [2.24, 2.45) is 5.10 Å². The maximum absolute atomic E-state index is 11.4. The van der Waals surface area contributed by atoms with Crippen LogP contribution in [0, 0.1) is 6.92 Å². The summed E-state index contributed by atoms with van der Waals surface area (Å²) in [5.74, 6) is 0.866. The molecule has 1 heterocycles. The quantitative estimate of drug-likeness (QED) is 0.579. The Morgan fingerprint density at radius 3 is 2.72 bits per heavy atom. The Labute approximate surface area is 146 Å². The minimum atomic E-state index is -0.429. The van der Waals surface area contributed by atoms with Crippen LogP contribution in [-0.4, -0.2) is 41.7 Å². The minimum absolute atomic E-state index is 0.174. The van der Waals surface area contributed by atoms with Crippen LogP contribution in [0.5, 0.6) is 11.5 Å². The van der Waals surface area contributed by atoms with Crippen molar-refractivity contribution in [1.82, 2.24) is 9.66 Å². The third-order valence-electron chi connectivity index (χ3n) is 3.08. The predicted octanol–water partition coefficient (Wildman–Crippen LogP) is 2.00. The van der Waals surface area contributed by atoms with Crippen molar-refractivity contribution in [3.8, 4) is 11.5 Å². The number of aryl methyl sites for hydroxylation is 1. The first-order valence-corrected chi connectivity index (χ1v) is 7.94. The average molecular weight is 346 g/mol. The second-order valence-electron chi connectivity index (χ2n) is 5.06. The molecule has 0 aliphatic rings. The molecular weight excluding hydrogens is 324 g/mol. The Morgan fingerprint density at radius 1 is 1.28 bits per heavy atom. The van der Waals surface area contributed by atoms with Crippen LogP contribution in [0.3, 0.4) is 0 Å². The van der Waals surface area contributed by atoms with E-state index < -0.39 is 5.97 Å². The monoisotopic (exact) mass is 346 g/mol. The second-order valence-corrected chi connectivity index (χ2v) is 5.06. The van der Waals surface area contributed by atoms with E-state index in [-0.39, 0.29) is 6.61 Å². The molecule has 25 heavy (non-hydrogen) atoms. The summed E-state index contributed by atoms with van der Waals surface area (Å²) in [6.07, 6.45) is 3.36. The molecule has 0 radical (unpaired) electrons. The number of benzene rings is 1. The van der Waals surface area contributed by atoms with Crippen molar-refractivity contribution < 1.29 is 19.0 Å². The number of carbonyl (C=O) groups excluding carboxylic acids is 1. The van der Waals surface area contributed by atoms with Crippen LogP contribution in [0.25, 0.3) is 0 Å². The Balaban J connectivity index is 2.14. The highest BCUT2D eigenvalue weighted by molar-refractivity contribution is 5.81. The van der Waals surface area contributed by atoms with Gasteiger partial charge >= 0.3 is 5.97 Å². The van der Waals surface area contributed by atoms with Gasteiger partial charge in [0.1, 0.15) is 0 Å². The molecule has 0 amide bonds. The van der Waals surface area contributed by atoms with Crippen molar-refractivity contribution in [1.29, 1.82) is 0 Å². The fourth-order valence-corrected chi connectivity index (χ4v) is 2.06. The summed E-state index contributed by atoms with van der Waals surface area (Å²) in [5.41, 5.74) is 7.32. The molecule has 0 saturated carbocycles. The fourth-order valence-electron chi connectivity index (χ4n) is 2.06. The lowest BCUT2D eigenvalue weighted by atomic mass is 10.2. The van der Waals surface area contributed by atoms with Crippen LogP contribution in [-0.2, 0) is 9.53 Å². The summed E-state index contributed by atoms with van der Waals surface area (Å²) in [7, 11) is 0. The Kier molecular flexibility index (Phi) is 6.39. The van der Waals surface area contributed by atoms with Crippen LogP contribution in [0.15, 0.2) is 29.5 Å². The number of hydrogen-bond donors (Lipinski definition) is 1. The van der Waals surface area contributed by atoms with E-state index in [1.165, 1.54) is 4.68 Å². The number of esters is 1. The van der Waals surface area contributed by atoms with Gasteiger partial charge in [0.05, 0.1) is 31.3 Å². The number of carbonyl (C=O) groups is 1. The molecule has 8 heteroatoms. The average Bonchev–Trinajstić information content (AvgIpc) is 2.90. The van der Waals surface area contributed by atoms with Gasteiger partial charge in [-0.2, -0.15) is 5.10 Å². The molecule has 0 spiro atoms. The minimum Gasteiger partial charge on any atom is -0.490 e. The topological polar surface area (TPSA) is 101 Å². The van der Waals surface area contributed by atoms with Crippen LogP contribution in [0.1, 0.15) is 25.1 Å². The van der Waals surface area contributed by atoms with E-state index in [1.54, 1.807) is 37.5 Å². The Hall–Kier alpha value is -3.03. The number of nitrogens with zero attached hydrogens (tertiary/aromatic N) is 3. The zero-order chi connectivity index (χ0) is 18.2. The first-order chi connectivity index (χ1) is 12.0. The fraction of sp³-hybridized carbons (Fsp3) is 0.353. The lowest BCUT2D eigenvalue weighted by molar-refractivity contribution is -0.145. The zero-order valence-electron chi connectivity index (χ0n) is 14.6. The van der Waals surface area contributed by atoms with Crippen molar-refractivity contribution in [3.63, 3.8) is 0 Å². The summed E-state index contributed by atoms with van der Waals surface area (Å²) in [5, 5.41) is 4.26. The highest BCUT2D eigenvalue weighted by atomic mass is 16.6. The Morgan fingerprint density at radius 2 is 2.08 bits per heavy atom. The summed E-state index contributed by atoms with van der Waals surface area (Å²) in [6, 6.07) is 5.29. The van der Waals surface area contributed by atoms with Gasteiger partial charge < -0.3 is 19.9 Å². The van der Waals surface area contributed by atoms with E-state index in [1.807, 2.05) is 13.8 Å². The molecule has 0 saturated heterocycles. The molecule has 1 aromatic carbocycles. The molecule has 2 aromatic rings. The maximum atomic E-state index is 11.4. The van der Waals surface area contributed by atoms with E-state index in [0.717, 1.165) is 11.3 Å². The molecule has 1 aromatic heterocycles. The summed E-state index contributed by atoms with van der Waals surface area (Å²) in [4.78, 5) is 15.5. The Bertz CT molecular complexity index is 755. The van der Waals surface area contributed by atoms with Gasteiger partial charge in [-0.15, -0.1) is 0 Å². The third kappa shape index (κ3) is 5.23. The van der Waals surface area contributed by atoms with Crippen LogP contribution in [0.2, 0.25) is 0 Å². The van der Waals surface area contributed by atoms with Gasteiger partial charge in [0.2, 0.25) is 5.95 Å². The first-order valence-electron chi connectivity index (χ1n) is 7.94. The smallest absolute Gasteiger partial charge is 0.344 e. The van der Waals surface area contributed by atoms with E-state index in [9.17, 15) is 4.79 Å². The highest BCUT2D eigenvalue weighted by Gasteiger charge is 2.09. The number of hydrogen-bond acceptors (Lipinski definition) is 7. The number of imidazole rings is 1. The van der Waals surface area contributed by atoms with Crippen molar-refractivity contribution in [2.75, 3.05) is 25.6 Å². The molecule has 134 valence electrons. The lowest BCUT2D eigenvalue weighted by Crippen LogP contribution is -2.15. The van der Waals surface area contributed by atoms with E-state index in [0.29, 0.717) is 30.7 Å². The van der Waals surface area contributed by atoms with E-state index >= 15 is 0 Å². The standard InChI is InChI=1S/C17H22N4O4/c1-4-23-15-8-13(9-19-21-10-12(3)20-17(21)18)6-7-14(15)25-11-16(22)24-5-2/h6-10H,4-5,11H2,1-3H3,(H2,18,20). The molecule has 8 nitrogen and oxygen atoms in total. The van der Waals surface area contributed by atoms with Gasteiger partial charge in [0.15, 0.2) is 18.1 Å². The van der Waals surface area contributed by atoms with Gasteiger partial charge in [0.25, 0.3) is 0 Å². The molecular formula is C17H22N4O4.